The quantitative estimate of drug-likeness (QED) is 0.659. The number of carbonyl (C=O) groups is 1. The molecule has 0 radical (unpaired) electrons. The number of nitrogens with one attached hydrogen (secondary N) is 1. The number of fused-ring (bicyclic) bond motifs is 1. The van der Waals surface area contributed by atoms with E-state index in [4.69, 9.17) is 0 Å². The first-order valence-corrected chi connectivity index (χ1v) is 10.3. The van der Waals surface area contributed by atoms with E-state index in [0.717, 1.165) is 52.3 Å². The summed E-state index contributed by atoms with van der Waals surface area (Å²) in [4.78, 5) is 28.5. The maximum atomic E-state index is 13.5. The van der Waals surface area contributed by atoms with Crippen molar-refractivity contribution in [1.29, 1.82) is 0 Å². The molecule has 1 fully saturated rings. The number of hydrogen-bond acceptors (Lipinski definition) is 5. The predicted molar refractivity (Wildman–Crippen MR) is 113 cm³/mol. The van der Waals surface area contributed by atoms with Gasteiger partial charge in [-0.1, -0.05) is 18.2 Å². The second-order valence-corrected chi connectivity index (χ2v) is 8.00. The topological polar surface area (TPSA) is 71.0 Å². The zero-order valence-electron chi connectivity index (χ0n) is 15.7. The van der Waals surface area contributed by atoms with Crippen LogP contribution in [0, 0.1) is 6.92 Å². The average Bonchev–Trinajstić information content (AvgIpc) is 2.73. The van der Waals surface area contributed by atoms with E-state index in [0.29, 0.717) is 12.5 Å². The molecule has 1 N–H and O–H groups in total. The van der Waals surface area contributed by atoms with Crippen LogP contribution in [0.15, 0.2) is 47.3 Å². The maximum absolute atomic E-state index is 13.5. The molecule has 0 saturated carbocycles. The Kier molecular flexibility index (Phi) is 5.52. The molecule has 28 heavy (non-hydrogen) atoms. The van der Waals surface area contributed by atoms with Crippen molar-refractivity contribution in [1.82, 2.24) is 19.9 Å². The van der Waals surface area contributed by atoms with Crippen LogP contribution in [-0.2, 0) is 0 Å². The molecule has 4 rings (SSSR count). The summed E-state index contributed by atoms with van der Waals surface area (Å²) < 4.78 is 0.840. The van der Waals surface area contributed by atoms with Crippen molar-refractivity contribution in [2.75, 3.05) is 18.4 Å². The minimum atomic E-state index is 0.0827. The highest BCUT2D eigenvalue weighted by Crippen LogP contribution is 2.26. The van der Waals surface area contributed by atoms with Crippen LogP contribution in [0.1, 0.15) is 35.2 Å². The molecule has 1 saturated heterocycles. The van der Waals surface area contributed by atoms with Crippen LogP contribution in [0.25, 0.3) is 10.9 Å². The lowest BCUT2D eigenvalue weighted by molar-refractivity contribution is 0.0629. The number of carbonyl (C=O) groups excluding carboxylic acids is 1. The number of aromatic nitrogens is 3. The molecule has 0 bridgehead atoms. The molecule has 1 aliphatic rings. The summed E-state index contributed by atoms with van der Waals surface area (Å²) >= 11 is 3.34. The molecule has 0 aliphatic carbocycles. The lowest BCUT2D eigenvalue weighted by Gasteiger charge is -2.36. The van der Waals surface area contributed by atoms with E-state index in [1.807, 2.05) is 36.1 Å². The number of halogens is 1. The zero-order valence-corrected chi connectivity index (χ0v) is 17.3. The Morgan fingerprint density at radius 1 is 1.18 bits per heavy atom. The Morgan fingerprint density at radius 2 is 1.96 bits per heavy atom. The molecule has 0 unspecified atom stereocenters. The molecule has 3 aromatic rings. The monoisotopic (exact) mass is 439 g/mol. The van der Waals surface area contributed by atoms with Crippen molar-refractivity contribution < 1.29 is 4.79 Å². The van der Waals surface area contributed by atoms with Crippen LogP contribution in [-0.4, -0.2) is 44.9 Å². The van der Waals surface area contributed by atoms with Crippen LogP contribution >= 0.6 is 15.9 Å². The number of anilines is 1. The van der Waals surface area contributed by atoms with Crippen LogP contribution in [0.3, 0.4) is 0 Å². The second kappa shape index (κ2) is 8.22. The van der Waals surface area contributed by atoms with Gasteiger partial charge in [0.15, 0.2) is 0 Å². The van der Waals surface area contributed by atoms with Gasteiger partial charge in [-0.2, -0.15) is 0 Å². The van der Waals surface area contributed by atoms with Crippen LogP contribution in [0.2, 0.25) is 0 Å². The molecule has 7 heteroatoms. The number of rotatable bonds is 4. The zero-order chi connectivity index (χ0) is 19.5. The van der Waals surface area contributed by atoms with E-state index in [2.05, 4.69) is 36.2 Å². The van der Waals surface area contributed by atoms with Crippen LogP contribution in [0.5, 0.6) is 0 Å². The highest BCUT2D eigenvalue weighted by Gasteiger charge is 2.29. The molecule has 0 spiro atoms. The summed E-state index contributed by atoms with van der Waals surface area (Å²) in [6, 6.07) is 7.95. The minimum absolute atomic E-state index is 0.0827. The predicted octanol–water partition coefficient (Wildman–Crippen LogP) is 4.20. The van der Waals surface area contributed by atoms with Gasteiger partial charge in [-0.15, -0.1) is 0 Å². The van der Waals surface area contributed by atoms with Crippen molar-refractivity contribution in [2.45, 2.75) is 32.2 Å². The summed E-state index contributed by atoms with van der Waals surface area (Å²) in [5, 5.41) is 4.20. The Morgan fingerprint density at radius 3 is 2.79 bits per heavy atom. The highest BCUT2D eigenvalue weighted by molar-refractivity contribution is 9.10. The van der Waals surface area contributed by atoms with Gasteiger partial charge in [-0.3, -0.25) is 9.78 Å². The Labute approximate surface area is 172 Å². The summed E-state index contributed by atoms with van der Waals surface area (Å²) in [5.41, 5.74) is 2.53. The lowest BCUT2D eigenvalue weighted by Crippen LogP contribution is -2.47. The summed E-state index contributed by atoms with van der Waals surface area (Å²) in [6.07, 6.45) is 8.34. The first-order chi connectivity index (χ1) is 13.6. The van der Waals surface area contributed by atoms with Crippen molar-refractivity contribution >= 4 is 38.7 Å². The summed E-state index contributed by atoms with van der Waals surface area (Å²) in [6.45, 7) is 3.36. The first kappa shape index (κ1) is 18.8. The normalized spacial score (nSPS) is 16.9. The number of likely N-dealkylation sites (tertiary alicyclic amines) is 1. The molecule has 1 aromatic carbocycles. The van der Waals surface area contributed by atoms with Crippen LogP contribution in [0.4, 0.5) is 5.95 Å². The van der Waals surface area contributed by atoms with Gasteiger partial charge >= 0.3 is 0 Å². The molecule has 3 heterocycles. The first-order valence-electron chi connectivity index (χ1n) is 9.50. The van der Waals surface area contributed by atoms with E-state index < -0.39 is 0 Å². The van der Waals surface area contributed by atoms with E-state index in [1.165, 1.54) is 0 Å². The molecule has 6 nitrogen and oxygen atoms in total. The largest absolute Gasteiger partial charge is 0.352 e. The standard InChI is InChI=1S/C21H22BrN5O/c1-14-10-23-18-8-3-2-7-17(18)19(14)20(28)27-9-5-4-6-16(27)13-26-21-24-11-15(22)12-25-21/h2-3,7-8,10-12,16H,4-6,9,13H2,1H3,(H,24,25,26)/t16-/m0/s1. The molecular weight excluding hydrogens is 418 g/mol. The van der Waals surface area contributed by atoms with Gasteiger partial charge in [-0.05, 0) is 53.7 Å². The maximum Gasteiger partial charge on any atom is 0.255 e. The van der Waals surface area contributed by atoms with Gasteiger partial charge in [-0.25, -0.2) is 9.97 Å². The third-order valence-electron chi connectivity index (χ3n) is 5.18. The highest BCUT2D eigenvalue weighted by atomic mass is 79.9. The lowest BCUT2D eigenvalue weighted by atomic mass is 9.98. The summed E-state index contributed by atoms with van der Waals surface area (Å²) in [5.74, 6) is 0.658. The summed E-state index contributed by atoms with van der Waals surface area (Å²) in [7, 11) is 0. The molecule has 144 valence electrons. The molecular formula is C21H22BrN5O. The number of para-hydroxylation sites is 1. The third-order valence-corrected chi connectivity index (χ3v) is 5.59. The van der Waals surface area contributed by atoms with E-state index in [-0.39, 0.29) is 11.9 Å². The fourth-order valence-corrected chi connectivity index (χ4v) is 3.97. The van der Waals surface area contributed by atoms with Gasteiger partial charge in [0.2, 0.25) is 5.95 Å². The van der Waals surface area contributed by atoms with Crippen molar-refractivity contribution in [3.8, 4) is 0 Å². The molecule has 1 amide bonds. The van der Waals surface area contributed by atoms with E-state index in [9.17, 15) is 4.79 Å². The number of amides is 1. The molecule has 1 atom stereocenters. The van der Waals surface area contributed by atoms with E-state index in [1.54, 1.807) is 18.6 Å². The minimum Gasteiger partial charge on any atom is -0.352 e. The molecule has 2 aromatic heterocycles. The van der Waals surface area contributed by atoms with Gasteiger partial charge in [0.05, 0.1) is 15.6 Å². The fourth-order valence-electron chi connectivity index (χ4n) is 3.76. The van der Waals surface area contributed by atoms with E-state index >= 15 is 0 Å². The van der Waals surface area contributed by atoms with Gasteiger partial charge < -0.3 is 10.2 Å². The number of benzene rings is 1. The Balaban J connectivity index is 1.58. The number of piperidine rings is 1. The van der Waals surface area contributed by atoms with Crippen molar-refractivity contribution in [3.05, 3.63) is 58.5 Å². The van der Waals surface area contributed by atoms with Crippen molar-refractivity contribution in [3.63, 3.8) is 0 Å². The SMILES string of the molecule is Cc1cnc2ccccc2c1C(=O)N1CCCC[C@H]1CNc1ncc(Br)cn1. The van der Waals surface area contributed by atoms with Gasteiger partial charge in [0, 0.05) is 43.1 Å². The number of nitrogens with zero attached hydrogens (tertiary/aromatic N) is 4. The smallest absolute Gasteiger partial charge is 0.255 e. The van der Waals surface area contributed by atoms with Gasteiger partial charge in [0.1, 0.15) is 0 Å². The number of aryl methyl sites for hydroxylation is 1. The average molecular weight is 440 g/mol. The third kappa shape index (κ3) is 3.85. The number of pyridine rings is 1. The Bertz CT molecular complexity index is 992. The second-order valence-electron chi connectivity index (χ2n) is 7.09. The van der Waals surface area contributed by atoms with Gasteiger partial charge in [0.25, 0.3) is 5.91 Å². The Hall–Kier alpha value is -2.54. The molecule has 1 aliphatic heterocycles. The van der Waals surface area contributed by atoms with Crippen LogP contribution < -0.4 is 5.32 Å². The fraction of sp³-hybridized carbons (Fsp3) is 0.333. The van der Waals surface area contributed by atoms with Crippen molar-refractivity contribution in [2.24, 2.45) is 0 Å². The number of hydrogen-bond donors (Lipinski definition) is 1.